The molecule has 0 spiro atoms. The van der Waals surface area contributed by atoms with Gasteiger partial charge in [-0.3, -0.25) is 4.79 Å². The number of carbonyl (C=O) groups excluding carboxylic acids is 1. The molecule has 0 fully saturated rings. The third-order valence-electron chi connectivity index (χ3n) is 2.67. The summed E-state index contributed by atoms with van der Waals surface area (Å²) in [7, 11) is 0. The lowest BCUT2D eigenvalue weighted by molar-refractivity contribution is -0.124. The molecule has 1 atom stereocenters. The summed E-state index contributed by atoms with van der Waals surface area (Å²) in [6.07, 6.45) is 1.97. The standard InChI is InChI=1S/C14H30N2O/c1-10(2)14(17)13(16-12(5)6)8-7-9-15-11(3)4/h10-13,15-16H,7-9H2,1-6H3. The van der Waals surface area contributed by atoms with Gasteiger partial charge in [-0.25, -0.2) is 0 Å². The molecule has 0 rings (SSSR count). The Bertz CT molecular complexity index is 212. The number of ketones is 1. The fraction of sp³-hybridized carbons (Fsp3) is 0.929. The molecule has 0 aliphatic carbocycles. The zero-order valence-corrected chi connectivity index (χ0v) is 12.3. The van der Waals surface area contributed by atoms with Crippen molar-refractivity contribution in [3.8, 4) is 0 Å². The van der Waals surface area contributed by atoms with Crippen LogP contribution in [0.5, 0.6) is 0 Å². The van der Waals surface area contributed by atoms with E-state index < -0.39 is 0 Å². The van der Waals surface area contributed by atoms with Crippen molar-refractivity contribution in [2.45, 2.75) is 72.5 Å². The molecule has 102 valence electrons. The highest BCUT2D eigenvalue weighted by Crippen LogP contribution is 2.07. The van der Waals surface area contributed by atoms with Crippen LogP contribution < -0.4 is 10.6 Å². The first-order valence-electron chi connectivity index (χ1n) is 6.87. The first-order valence-corrected chi connectivity index (χ1v) is 6.87. The Morgan fingerprint density at radius 2 is 1.59 bits per heavy atom. The van der Waals surface area contributed by atoms with Gasteiger partial charge in [0.05, 0.1) is 6.04 Å². The van der Waals surface area contributed by atoms with Gasteiger partial charge in [0.2, 0.25) is 0 Å². The van der Waals surface area contributed by atoms with Crippen LogP contribution in [-0.4, -0.2) is 30.5 Å². The summed E-state index contributed by atoms with van der Waals surface area (Å²) in [6, 6.07) is 0.900. The summed E-state index contributed by atoms with van der Waals surface area (Å²) in [4.78, 5) is 12.0. The van der Waals surface area contributed by atoms with E-state index in [0.29, 0.717) is 17.9 Å². The number of rotatable bonds is 9. The van der Waals surface area contributed by atoms with E-state index in [1.54, 1.807) is 0 Å². The van der Waals surface area contributed by atoms with Crippen LogP contribution in [0.3, 0.4) is 0 Å². The van der Waals surface area contributed by atoms with E-state index in [2.05, 4.69) is 38.3 Å². The number of hydrogen-bond donors (Lipinski definition) is 2. The van der Waals surface area contributed by atoms with Gasteiger partial charge in [0.15, 0.2) is 5.78 Å². The molecule has 17 heavy (non-hydrogen) atoms. The van der Waals surface area contributed by atoms with Crippen LogP contribution in [0.1, 0.15) is 54.4 Å². The number of carbonyl (C=O) groups is 1. The minimum atomic E-state index is 0.0176. The molecule has 0 saturated heterocycles. The molecular weight excluding hydrogens is 212 g/mol. The molecule has 3 nitrogen and oxygen atoms in total. The Kier molecular flexibility index (Phi) is 8.44. The van der Waals surface area contributed by atoms with Gasteiger partial charge in [-0.1, -0.05) is 41.5 Å². The topological polar surface area (TPSA) is 41.1 Å². The summed E-state index contributed by atoms with van der Waals surface area (Å²) < 4.78 is 0. The van der Waals surface area contributed by atoms with Crippen molar-refractivity contribution < 1.29 is 4.79 Å². The van der Waals surface area contributed by atoms with Crippen molar-refractivity contribution in [2.24, 2.45) is 5.92 Å². The van der Waals surface area contributed by atoms with Gasteiger partial charge in [0.25, 0.3) is 0 Å². The van der Waals surface area contributed by atoms with Gasteiger partial charge in [-0.15, -0.1) is 0 Å². The van der Waals surface area contributed by atoms with Crippen molar-refractivity contribution in [1.82, 2.24) is 10.6 Å². The lowest BCUT2D eigenvalue weighted by atomic mass is 9.97. The van der Waals surface area contributed by atoms with E-state index in [1.165, 1.54) is 0 Å². The van der Waals surface area contributed by atoms with Crippen molar-refractivity contribution in [3.63, 3.8) is 0 Å². The third kappa shape index (κ3) is 8.33. The molecule has 3 heteroatoms. The van der Waals surface area contributed by atoms with Gasteiger partial charge in [0.1, 0.15) is 0 Å². The fourth-order valence-corrected chi connectivity index (χ4v) is 1.81. The average Bonchev–Trinajstić information content (AvgIpc) is 2.20. The predicted molar refractivity (Wildman–Crippen MR) is 74.3 cm³/mol. The van der Waals surface area contributed by atoms with E-state index in [0.717, 1.165) is 19.4 Å². The van der Waals surface area contributed by atoms with E-state index in [1.807, 2.05) is 13.8 Å². The van der Waals surface area contributed by atoms with E-state index in [9.17, 15) is 4.79 Å². The molecule has 0 heterocycles. The minimum absolute atomic E-state index is 0.0176. The highest BCUT2D eigenvalue weighted by atomic mass is 16.1. The smallest absolute Gasteiger partial charge is 0.152 e. The largest absolute Gasteiger partial charge is 0.315 e. The number of Topliss-reactive ketones (excluding diaryl/α,β-unsaturated/α-hetero) is 1. The molecule has 0 radical (unpaired) electrons. The summed E-state index contributed by atoms with van der Waals surface area (Å²) in [5, 5.41) is 6.75. The first-order chi connectivity index (χ1) is 7.84. The molecule has 0 aliphatic rings. The van der Waals surface area contributed by atoms with Gasteiger partial charge in [-0.05, 0) is 19.4 Å². The zero-order chi connectivity index (χ0) is 13.4. The second kappa shape index (κ2) is 8.65. The lowest BCUT2D eigenvalue weighted by Crippen LogP contribution is -2.43. The maximum Gasteiger partial charge on any atom is 0.152 e. The van der Waals surface area contributed by atoms with Crippen LogP contribution in [0.4, 0.5) is 0 Å². The molecule has 0 bridgehead atoms. The second-order valence-electron chi connectivity index (χ2n) is 5.68. The highest BCUT2D eigenvalue weighted by Gasteiger charge is 2.20. The zero-order valence-electron chi connectivity index (χ0n) is 12.3. The summed E-state index contributed by atoms with van der Waals surface area (Å²) in [5.74, 6) is 0.451. The van der Waals surface area contributed by atoms with Crippen LogP contribution in [0.15, 0.2) is 0 Å². The fourth-order valence-electron chi connectivity index (χ4n) is 1.81. The van der Waals surface area contributed by atoms with Gasteiger partial charge < -0.3 is 10.6 Å². The van der Waals surface area contributed by atoms with E-state index >= 15 is 0 Å². The van der Waals surface area contributed by atoms with Gasteiger partial charge in [0, 0.05) is 18.0 Å². The van der Waals surface area contributed by atoms with Gasteiger partial charge >= 0.3 is 0 Å². The van der Waals surface area contributed by atoms with Crippen molar-refractivity contribution in [1.29, 1.82) is 0 Å². The Morgan fingerprint density at radius 1 is 1.00 bits per heavy atom. The van der Waals surface area contributed by atoms with Crippen LogP contribution in [0.25, 0.3) is 0 Å². The number of nitrogens with one attached hydrogen (secondary N) is 2. The first kappa shape index (κ1) is 16.6. The van der Waals surface area contributed by atoms with E-state index in [-0.39, 0.29) is 12.0 Å². The van der Waals surface area contributed by atoms with Crippen LogP contribution in [0, 0.1) is 5.92 Å². The molecule has 0 aromatic rings. The Morgan fingerprint density at radius 3 is 2.00 bits per heavy atom. The molecule has 0 amide bonds. The van der Waals surface area contributed by atoms with Crippen LogP contribution in [-0.2, 0) is 4.79 Å². The number of hydrogen-bond acceptors (Lipinski definition) is 3. The average molecular weight is 242 g/mol. The van der Waals surface area contributed by atoms with Crippen molar-refractivity contribution >= 4 is 5.78 Å². The molecular formula is C14H30N2O. The van der Waals surface area contributed by atoms with E-state index in [4.69, 9.17) is 0 Å². The summed E-state index contributed by atoms with van der Waals surface area (Å²) >= 11 is 0. The lowest BCUT2D eigenvalue weighted by Gasteiger charge is -2.22. The van der Waals surface area contributed by atoms with Crippen molar-refractivity contribution in [2.75, 3.05) is 6.54 Å². The molecule has 0 saturated carbocycles. The minimum Gasteiger partial charge on any atom is -0.315 e. The molecule has 1 unspecified atom stereocenters. The quantitative estimate of drug-likeness (QED) is 0.610. The second-order valence-corrected chi connectivity index (χ2v) is 5.68. The maximum atomic E-state index is 12.0. The predicted octanol–water partition coefficient (Wildman–Crippen LogP) is 2.36. The molecule has 0 aliphatic heterocycles. The third-order valence-corrected chi connectivity index (χ3v) is 2.67. The van der Waals surface area contributed by atoms with Crippen LogP contribution in [0.2, 0.25) is 0 Å². The SMILES string of the molecule is CC(C)NCCCC(NC(C)C)C(=O)C(C)C. The maximum absolute atomic E-state index is 12.0. The van der Waals surface area contributed by atoms with Gasteiger partial charge in [-0.2, -0.15) is 0 Å². The molecule has 2 N–H and O–H groups in total. The Hall–Kier alpha value is -0.410. The summed E-state index contributed by atoms with van der Waals surface area (Å²) in [6.45, 7) is 13.4. The van der Waals surface area contributed by atoms with Crippen molar-refractivity contribution in [3.05, 3.63) is 0 Å². The summed E-state index contributed by atoms with van der Waals surface area (Å²) in [5.41, 5.74) is 0. The highest BCUT2D eigenvalue weighted by molar-refractivity contribution is 5.85. The molecule has 0 aromatic carbocycles. The monoisotopic (exact) mass is 242 g/mol. The Labute approximate surface area is 107 Å². The van der Waals surface area contributed by atoms with Crippen LogP contribution >= 0.6 is 0 Å². The normalized spacial score (nSPS) is 13.7. The molecule has 0 aromatic heterocycles. The Balaban J connectivity index is 4.07.